The maximum Gasteiger partial charge on any atom is 0.338 e. The Morgan fingerprint density at radius 2 is 1.48 bits per heavy atom. The van der Waals surface area contributed by atoms with Crippen LogP contribution in [0.15, 0.2) is 66.4 Å². The van der Waals surface area contributed by atoms with E-state index in [1.54, 1.807) is 36.4 Å². The Hall–Kier alpha value is -3.67. The van der Waals surface area contributed by atoms with Gasteiger partial charge in [-0.15, -0.1) is 0 Å². The Morgan fingerprint density at radius 1 is 0.815 bits per heavy atom. The number of imide groups is 2. The highest BCUT2D eigenvalue weighted by Gasteiger charge is 2.41. The largest absolute Gasteiger partial charge is 0.350 e. The van der Waals surface area contributed by atoms with Gasteiger partial charge in [-0.2, -0.15) is 0 Å². The summed E-state index contributed by atoms with van der Waals surface area (Å²) >= 11 is 0. The molecule has 27 heavy (non-hydrogen) atoms. The molecule has 2 heterocycles. The lowest BCUT2D eigenvalue weighted by Gasteiger charge is -2.31. The van der Waals surface area contributed by atoms with Crippen LogP contribution in [0.4, 0.5) is 10.5 Å². The number of carbonyl (C=O) groups is 3. The zero-order valence-electron chi connectivity index (χ0n) is 14.9. The van der Waals surface area contributed by atoms with Gasteiger partial charge in [0.15, 0.2) is 0 Å². The highest BCUT2D eigenvalue weighted by molar-refractivity contribution is 6.39. The average Bonchev–Trinajstić information content (AvgIpc) is 3.00. The SMILES string of the molecule is CN1C(=O)C(=Cc2cn(C)c3ccccc23)C(=O)N(c2ccccc2)C1=O. The summed E-state index contributed by atoms with van der Waals surface area (Å²) in [5, 5.41) is 0.930. The zero-order valence-corrected chi connectivity index (χ0v) is 14.9. The van der Waals surface area contributed by atoms with Gasteiger partial charge in [-0.05, 0) is 24.3 Å². The van der Waals surface area contributed by atoms with E-state index >= 15 is 0 Å². The van der Waals surface area contributed by atoms with E-state index in [2.05, 4.69) is 0 Å². The van der Waals surface area contributed by atoms with Crippen molar-refractivity contribution in [2.75, 3.05) is 11.9 Å². The topological polar surface area (TPSA) is 62.6 Å². The molecule has 1 aliphatic rings. The fourth-order valence-electron chi connectivity index (χ4n) is 3.29. The fourth-order valence-corrected chi connectivity index (χ4v) is 3.29. The molecule has 4 rings (SSSR count). The molecule has 3 aromatic rings. The molecule has 1 saturated heterocycles. The van der Waals surface area contributed by atoms with E-state index in [-0.39, 0.29) is 5.57 Å². The van der Waals surface area contributed by atoms with Crippen LogP contribution in [-0.2, 0) is 16.6 Å². The van der Waals surface area contributed by atoms with Crippen molar-refractivity contribution < 1.29 is 14.4 Å². The molecule has 1 aliphatic heterocycles. The number of carbonyl (C=O) groups excluding carboxylic acids is 3. The third-order valence-electron chi connectivity index (χ3n) is 4.69. The molecule has 6 nitrogen and oxygen atoms in total. The predicted octanol–water partition coefficient (Wildman–Crippen LogP) is 3.19. The van der Waals surface area contributed by atoms with Crippen LogP contribution in [0.1, 0.15) is 5.56 Å². The zero-order chi connectivity index (χ0) is 19.1. The normalized spacial score (nSPS) is 16.7. The number of para-hydroxylation sites is 2. The van der Waals surface area contributed by atoms with Crippen LogP contribution in [0.2, 0.25) is 0 Å². The third kappa shape index (κ3) is 2.62. The molecule has 6 heteroatoms. The van der Waals surface area contributed by atoms with Crippen molar-refractivity contribution in [3.8, 4) is 0 Å². The number of urea groups is 1. The lowest BCUT2D eigenvalue weighted by Crippen LogP contribution is -2.55. The number of anilines is 1. The Kier molecular flexibility index (Phi) is 3.88. The number of fused-ring (bicyclic) bond motifs is 1. The lowest BCUT2D eigenvalue weighted by atomic mass is 10.1. The molecule has 4 amide bonds. The smallest absolute Gasteiger partial charge is 0.338 e. The maximum absolute atomic E-state index is 13.0. The summed E-state index contributed by atoms with van der Waals surface area (Å²) in [6.07, 6.45) is 3.42. The molecular formula is C21H17N3O3. The first kappa shape index (κ1) is 16.8. The van der Waals surface area contributed by atoms with Crippen molar-refractivity contribution in [3.05, 3.63) is 71.9 Å². The summed E-state index contributed by atoms with van der Waals surface area (Å²) in [6.45, 7) is 0. The van der Waals surface area contributed by atoms with Crippen LogP contribution in [0.3, 0.4) is 0 Å². The van der Waals surface area contributed by atoms with Gasteiger partial charge in [-0.3, -0.25) is 14.5 Å². The summed E-state index contributed by atoms with van der Waals surface area (Å²) < 4.78 is 1.93. The molecule has 0 atom stereocenters. The second-order valence-electron chi connectivity index (χ2n) is 6.39. The van der Waals surface area contributed by atoms with Crippen LogP contribution < -0.4 is 4.90 Å². The molecular weight excluding hydrogens is 342 g/mol. The van der Waals surface area contributed by atoms with Crippen LogP contribution in [0, 0.1) is 0 Å². The molecule has 0 saturated carbocycles. The summed E-state index contributed by atoms with van der Waals surface area (Å²) in [6, 6.07) is 15.7. The van der Waals surface area contributed by atoms with Gasteiger partial charge in [-0.25, -0.2) is 9.69 Å². The number of rotatable bonds is 2. The van der Waals surface area contributed by atoms with E-state index in [1.165, 1.54) is 7.05 Å². The number of hydrogen-bond acceptors (Lipinski definition) is 3. The molecule has 1 fully saturated rings. The molecule has 0 unspecified atom stereocenters. The van der Waals surface area contributed by atoms with Crippen molar-refractivity contribution in [1.29, 1.82) is 0 Å². The van der Waals surface area contributed by atoms with Gasteiger partial charge < -0.3 is 4.57 Å². The number of benzene rings is 2. The first-order chi connectivity index (χ1) is 13.0. The number of hydrogen-bond donors (Lipinski definition) is 0. The molecule has 0 spiro atoms. The standard InChI is InChI=1S/C21H17N3O3/c1-22-13-14(16-10-6-7-11-18(16)22)12-17-19(25)23(2)21(27)24(20(17)26)15-8-4-3-5-9-15/h3-13H,1-2H3. The Balaban J connectivity index is 1.85. The van der Waals surface area contributed by atoms with Crippen LogP contribution in [0.25, 0.3) is 17.0 Å². The van der Waals surface area contributed by atoms with Crippen molar-refractivity contribution in [2.24, 2.45) is 7.05 Å². The van der Waals surface area contributed by atoms with Crippen LogP contribution >= 0.6 is 0 Å². The summed E-state index contributed by atoms with van der Waals surface area (Å²) in [7, 11) is 3.28. The molecule has 0 aliphatic carbocycles. The minimum atomic E-state index is -0.661. The van der Waals surface area contributed by atoms with Gasteiger partial charge in [0.05, 0.1) is 5.69 Å². The van der Waals surface area contributed by atoms with Gasteiger partial charge in [0.25, 0.3) is 11.8 Å². The number of barbiturate groups is 1. The predicted molar refractivity (Wildman–Crippen MR) is 103 cm³/mol. The number of likely N-dealkylation sites (N-methyl/N-ethyl adjacent to an activating group) is 1. The Morgan fingerprint density at radius 3 is 2.22 bits per heavy atom. The highest BCUT2D eigenvalue weighted by Crippen LogP contribution is 2.27. The number of nitrogens with zero attached hydrogens (tertiary/aromatic N) is 3. The molecule has 0 N–H and O–H groups in total. The minimum Gasteiger partial charge on any atom is -0.350 e. The molecule has 0 radical (unpaired) electrons. The summed E-state index contributed by atoms with van der Waals surface area (Å²) in [4.78, 5) is 40.2. The molecule has 2 aromatic carbocycles. The fraction of sp³-hybridized carbons (Fsp3) is 0.0952. The van der Waals surface area contributed by atoms with E-state index in [0.717, 1.165) is 26.3 Å². The first-order valence-corrected chi connectivity index (χ1v) is 8.46. The van der Waals surface area contributed by atoms with Gasteiger partial charge >= 0.3 is 6.03 Å². The molecule has 1 aromatic heterocycles. The van der Waals surface area contributed by atoms with Gasteiger partial charge in [-0.1, -0.05) is 36.4 Å². The number of aromatic nitrogens is 1. The van der Waals surface area contributed by atoms with Gasteiger partial charge in [0, 0.05) is 36.8 Å². The Labute approximate surface area is 155 Å². The van der Waals surface area contributed by atoms with Crippen LogP contribution in [-0.4, -0.2) is 34.4 Å². The molecule has 0 bridgehead atoms. The number of aryl methyl sites for hydroxylation is 1. The second kappa shape index (κ2) is 6.25. The summed E-state index contributed by atoms with van der Waals surface area (Å²) in [5.74, 6) is -1.23. The quantitative estimate of drug-likeness (QED) is 0.521. The average molecular weight is 359 g/mol. The van der Waals surface area contributed by atoms with E-state index in [9.17, 15) is 14.4 Å². The second-order valence-corrected chi connectivity index (χ2v) is 6.39. The monoisotopic (exact) mass is 359 g/mol. The van der Waals surface area contributed by atoms with Crippen molar-refractivity contribution in [2.45, 2.75) is 0 Å². The van der Waals surface area contributed by atoms with E-state index < -0.39 is 17.8 Å². The van der Waals surface area contributed by atoms with E-state index in [0.29, 0.717) is 5.69 Å². The van der Waals surface area contributed by atoms with Crippen molar-refractivity contribution in [3.63, 3.8) is 0 Å². The van der Waals surface area contributed by atoms with Crippen molar-refractivity contribution >= 4 is 40.5 Å². The van der Waals surface area contributed by atoms with E-state index in [4.69, 9.17) is 0 Å². The highest BCUT2D eigenvalue weighted by atomic mass is 16.2. The third-order valence-corrected chi connectivity index (χ3v) is 4.69. The van der Waals surface area contributed by atoms with Gasteiger partial charge in [0.1, 0.15) is 5.57 Å². The number of amides is 4. The first-order valence-electron chi connectivity index (χ1n) is 8.46. The lowest BCUT2D eigenvalue weighted by molar-refractivity contribution is -0.128. The minimum absolute atomic E-state index is 0.0442. The summed E-state index contributed by atoms with van der Waals surface area (Å²) in [5.41, 5.74) is 2.12. The van der Waals surface area contributed by atoms with E-state index in [1.807, 2.05) is 42.1 Å². The Bertz CT molecular complexity index is 1110. The molecule has 134 valence electrons. The van der Waals surface area contributed by atoms with Crippen LogP contribution in [0.5, 0.6) is 0 Å². The van der Waals surface area contributed by atoms with Crippen molar-refractivity contribution in [1.82, 2.24) is 9.47 Å². The maximum atomic E-state index is 13.0. The van der Waals surface area contributed by atoms with Gasteiger partial charge in [0.2, 0.25) is 0 Å².